The van der Waals surface area contributed by atoms with Crippen LogP contribution < -0.4 is 0 Å². The average molecular weight is 181 g/mol. The molecule has 3 radical (unpaired) electrons. The average Bonchev–Trinajstić information content (AvgIpc) is 0.722. The number of halogens is 4. The van der Waals surface area contributed by atoms with Crippen molar-refractivity contribution >= 4 is 49.5 Å². The van der Waals surface area contributed by atoms with Gasteiger partial charge in [0.1, 0.15) is 0 Å². The standard InChI is InChI=1S/4ClH.K/h4*1H;/q;;;;+4/p-4. The molecule has 5 heteroatoms. The fraction of sp³-hybridized carbons (Fsp3) is 0. The molecule has 0 saturated heterocycles. The van der Waals surface area contributed by atoms with Gasteiger partial charge < -0.3 is 0 Å². The molecule has 0 heterocycles. The van der Waals surface area contributed by atoms with E-state index in [1.807, 2.05) is 0 Å². The zero-order chi connectivity index (χ0) is 4.50. The predicted octanol–water partition coefficient (Wildman–Crippen LogP) is 2.38. The van der Waals surface area contributed by atoms with Gasteiger partial charge in [-0.3, -0.25) is 0 Å². The topological polar surface area (TPSA) is 0 Å². The molecule has 0 aliphatic carbocycles. The molecule has 0 N–H and O–H groups in total. The minimum absolute atomic E-state index is 3.49. The molecule has 0 atom stereocenters. The van der Waals surface area contributed by atoms with Crippen LogP contribution in [0.5, 0.6) is 0 Å². The number of hydrogen-bond acceptors (Lipinski definition) is 0. The van der Waals surface area contributed by atoms with Crippen LogP contribution in [0.1, 0.15) is 0 Å². The minimum atomic E-state index is -3.49. The molecule has 0 aliphatic heterocycles. The summed E-state index contributed by atoms with van der Waals surface area (Å²) >= 11 is -3.49. The zero-order valence-corrected chi connectivity index (χ0v) is 8.66. The SMILES string of the molecule is [Cl][K]([Cl])([Cl])[Cl]. The first-order valence-electron chi connectivity index (χ1n) is 1.51. The van der Waals surface area contributed by atoms with Gasteiger partial charge in [0.15, 0.2) is 0 Å². The quantitative estimate of drug-likeness (QED) is 0.503. The Morgan fingerprint density at radius 2 is 0.800 bits per heavy atom. The van der Waals surface area contributed by atoms with Crippen molar-refractivity contribution in [2.75, 3.05) is 0 Å². The van der Waals surface area contributed by atoms with Crippen molar-refractivity contribution in [3.05, 3.63) is 0 Å². The van der Waals surface area contributed by atoms with Gasteiger partial charge in [0.05, 0.1) is 0 Å². The van der Waals surface area contributed by atoms with Crippen molar-refractivity contribution in [2.45, 2.75) is 0 Å². The van der Waals surface area contributed by atoms with E-state index in [1.54, 1.807) is 0 Å². The van der Waals surface area contributed by atoms with Gasteiger partial charge >= 0.3 is 49.5 Å². The molecular weight excluding hydrogens is 181 g/mol. The van der Waals surface area contributed by atoms with E-state index in [-0.39, 0.29) is 0 Å². The summed E-state index contributed by atoms with van der Waals surface area (Å²) in [6.07, 6.45) is 0. The van der Waals surface area contributed by atoms with Crippen molar-refractivity contribution in [3.63, 3.8) is 0 Å². The summed E-state index contributed by atoms with van der Waals surface area (Å²) in [5.41, 5.74) is 0. The van der Waals surface area contributed by atoms with Gasteiger partial charge in [-0.1, -0.05) is 0 Å². The summed E-state index contributed by atoms with van der Waals surface area (Å²) in [4.78, 5) is 0. The maximum absolute atomic E-state index is 5.06. The van der Waals surface area contributed by atoms with Crippen LogP contribution in [0.4, 0.5) is 0 Å². The summed E-state index contributed by atoms with van der Waals surface area (Å²) in [5.74, 6) is 0. The second-order valence-corrected chi connectivity index (χ2v) is 31.8. The predicted molar refractivity (Wildman–Crippen MR) is 29.2 cm³/mol. The third-order valence-corrected chi connectivity index (χ3v) is 0. The third-order valence-electron chi connectivity index (χ3n) is 0. The van der Waals surface area contributed by atoms with E-state index in [2.05, 4.69) is 0 Å². The summed E-state index contributed by atoms with van der Waals surface area (Å²) < 4.78 is 20.2. The van der Waals surface area contributed by atoms with Crippen molar-refractivity contribution in [2.24, 2.45) is 0 Å². The molecule has 0 aliphatic rings. The summed E-state index contributed by atoms with van der Waals surface area (Å²) in [6, 6.07) is 0. The van der Waals surface area contributed by atoms with Crippen LogP contribution in [0.2, 0.25) is 0 Å². The van der Waals surface area contributed by atoms with Gasteiger partial charge in [-0.25, -0.2) is 0 Å². The Balaban J connectivity index is 3.02. The van der Waals surface area contributed by atoms with Crippen molar-refractivity contribution in [1.29, 1.82) is 0 Å². The van der Waals surface area contributed by atoms with Crippen LogP contribution in [0.25, 0.3) is 0 Å². The maximum atomic E-state index is 5.06. The van der Waals surface area contributed by atoms with Crippen LogP contribution in [-0.2, 0) is 0 Å². The zero-order valence-electron chi connectivity index (χ0n) is 2.51. The van der Waals surface area contributed by atoms with Crippen LogP contribution in [0, 0.1) is 0 Å². The van der Waals surface area contributed by atoms with Crippen molar-refractivity contribution < 1.29 is 0 Å². The van der Waals surface area contributed by atoms with Crippen molar-refractivity contribution in [1.82, 2.24) is 0 Å². The Hall–Kier alpha value is 2.80. The van der Waals surface area contributed by atoms with Gasteiger partial charge in [-0.2, -0.15) is 0 Å². The molecule has 0 aromatic heterocycles. The molecule has 0 saturated carbocycles. The summed E-state index contributed by atoms with van der Waals surface area (Å²) in [6.45, 7) is 0. The molecule has 0 nitrogen and oxygen atoms in total. The van der Waals surface area contributed by atoms with Gasteiger partial charge in [-0.05, 0) is 0 Å². The van der Waals surface area contributed by atoms with E-state index < -0.39 is 34.4 Å². The third kappa shape index (κ3) is 20.0. The van der Waals surface area contributed by atoms with Gasteiger partial charge in [0, 0.05) is 0 Å². The Kier molecular flexibility index (Phi) is 4.60. The van der Waals surface area contributed by atoms with E-state index in [0.29, 0.717) is 0 Å². The first kappa shape index (κ1) is 7.80. The van der Waals surface area contributed by atoms with E-state index in [0.717, 1.165) is 0 Å². The van der Waals surface area contributed by atoms with Gasteiger partial charge in [0.25, 0.3) is 0 Å². The fourth-order valence-electron chi connectivity index (χ4n) is 0. The molecule has 29 valence electrons. The molecule has 0 aromatic rings. The Morgan fingerprint density at radius 1 is 0.800 bits per heavy atom. The molecule has 0 aromatic carbocycles. The second kappa shape index (κ2) is 2.95. The normalized spacial score (nSPS) is 12.0. The van der Waals surface area contributed by atoms with Gasteiger partial charge in [-0.15, -0.1) is 0 Å². The number of hydrogen-bond donors (Lipinski definition) is 0. The molecule has 0 bridgehead atoms. The van der Waals surface area contributed by atoms with Crippen LogP contribution in [0.3, 0.4) is 0 Å². The Labute approximate surface area is 47.4 Å². The Bertz CT molecular complexity index is 19.1. The fourth-order valence-corrected chi connectivity index (χ4v) is 0. The molecule has 0 amide bonds. The summed E-state index contributed by atoms with van der Waals surface area (Å²) in [7, 11) is 0. The number of rotatable bonds is 0. The van der Waals surface area contributed by atoms with E-state index in [1.165, 1.54) is 0 Å². The molecular formula is Cl4K. The van der Waals surface area contributed by atoms with E-state index in [4.69, 9.17) is 15.1 Å². The Morgan fingerprint density at radius 3 is 0.800 bits per heavy atom. The second-order valence-electron chi connectivity index (χ2n) is 0.857. The van der Waals surface area contributed by atoms with E-state index >= 15 is 0 Å². The molecule has 0 spiro atoms. The van der Waals surface area contributed by atoms with Crippen LogP contribution >= 0.6 is 15.1 Å². The molecule has 0 rings (SSSR count). The molecule has 5 heavy (non-hydrogen) atoms. The first-order valence-corrected chi connectivity index (χ1v) is 18.7. The van der Waals surface area contributed by atoms with Crippen LogP contribution in [-0.4, -0.2) is 34.4 Å². The monoisotopic (exact) mass is 179 g/mol. The van der Waals surface area contributed by atoms with Crippen LogP contribution in [0.15, 0.2) is 0 Å². The molecule has 0 unspecified atom stereocenters. The first-order chi connectivity index (χ1) is 2.00. The molecule has 0 fully saturated rings. The summed E-state index contributed by atoms with van der Waals surface area (Å²) in [5, 5.41) is 0. The van der Waals surface area contributed by atoms with Crippen molar-refractivity contribution in [3.8, 4) is 0 Å². The van der Waals surface area contributed by atoms with Gasteiger partial charge in [0.2, 0.25) is 0 Å². The van der Waals surface area contributed by atoms with E-state index in [9.17, 15) is 0 Å².